The predicted octanol–water partition coefficient (Wildman–Crippen LogP) is 2.15. The van der Waals surface area contributed by atoms with Crippen LogP contribution in [0.2, 0.25) is 0 Å². The van der Waals surface area contributed by atoms with E-state index in [4.69, 9.17) is 5.73 Å². The number of anilines is 1. The fraction of sp³-hybridized carbons (Fsp3) is 0.500. The number of benzene rings is 1. The SMILES string of the molecule is Cc1ccc(C(=O)N(C)C)cc1NC(=O)CCCC(C)N. The van der Waals surface area contributed by atoms with Crippen molar-refractivity contribution in [3.63, 3.8) is 0 Å². The number of carbonyl (C=O) groups is 2. The second-order valence-electron chi connectivity index (χ2n) is 5.65. The molecule has 0 spiro atoms. The Morgan fingerprint density at radius 3 is 2.57 bits per heavy atom. The zero-order valence-electron chi connectivity index (χ0n) is 13.3. The number of rotatable bonds is 6. The number of aryl methyl sites for hydroxylation is 1. The third kappa shape index (κ3) is 5.55. The normalized spacial score (nSPS) is 11.9. The van der Waals surface area contributed by atoms with Crippen LogP contribution in [0.5, 0.6) is 0 Å². The fourth-order valence-corrected chi connectivity index (χ4v) is 1.95. The van der Waals surface area contributed by atoms with Gasteiger partial charge in [0.2, 0.25) is 5.91 Å². The zero-order valence-corrected chi connectivity index (χ0v) is 13.3. The van der Waals surface area contributed by atoms with Crippen LogP contribution in [0.1, 0.15) is 42.1 Å². The quantitative estimate of drug-likeness (QED) is 0.843. The largest absolute Gasteiger partial charge is 0.345 e. The molecule has 1 atom stereocenters. The first kappa shape index (κ1) is 17.2. The first-order chi connectivity index (χ1) is 9.81. The smallest absolute Gasteiger partial charge is 0.253 e. The van der Waals surface area contributed by atoms with Gasteiger partial charge in [-0.3, -0.25) is 9.59 Å². The monoisotopic (exact) mass is 291 g/mol. The lowest BCUT2D eigenvalue weighted by Gasteiger charge is -2.13. The van der Waals surface area contributed by atoms with Gasteiger partial charge in [0, 0.05) is 37.8 Å². The summed E-state index contributed by atoms with van der Waals surface area (Å²) in [4.78, 5) is 25.4. The number of nitrogens with zero attached hydrogens (tertiary/aromatic N) is 1. The molecule has 0 saturated heterocycles. The maximum absolute atomic E-state index is 11.9. The van der Waals surface area contributed by atoms with Crippen LogP contribution >= 0.6 is 0 Å². The fourth-order valence-electron chi connectivity index (χ4n) is 1.95. The van der Waals surface area contributed by atoms with E-state index < -0.39 is 0 Å². The molecule has 0 fully saturated rings. The van der Waals surface area contributed by atoms with Crippen LogP contribution in [0.25, 0.3) is 0 Å². The maximum atomic E-state index is 11.9. The second-order valence-corrected chi connectivity index (χ2v) is 5.65. The number of hydrogen-bond acceptors (Lipinski definition) is 3. The average Bonchev–Trinajstić information content (AvgIpc) is 2.39. The van der Waals surface area contributed by atoms with E-state index in [0.717, 1.165) is 18.4 Å². The van der Waals surface area contributed by atoms with Crippen LogP contribution in [-0.4, -0.2) is 36.9 Å². The number of nitrogens with two attached hydrogens (primary N) is 1. The molecule has 1 unspecified atom stereocenters. The standard InChI is InChI=1S/C16H25N3O2/c1-11-8-9-13(16(21)19(3)4)10-14(11)18-15(20)7-5-6-12(2)17/h8-10,12H,5-7,17H2,1-4H3,(H,18,20). The van der Waals surface area contributed by atoms with Gasteiger partial charge in [-0.2, -0.15) is 0 Å². The van der Waals surface area contributed by atoms with Gasteiger partial charge in [-0.05, 0) is 44.4 Å². The summed E-state index contributed by atoms with van der Waals surface area (Å²) in [5.41, 5.74) is 7.85. The van der Waals surface area contributed by atoms with E-state index >= 15 is 0 Å². The third-order valence-electron chi connectivity index (χ3n) is 3.23. The summed E-state index contributed by atoms with van der Waals surface area (Å²) in [6, 6.07) is 5.44. The molecule has 0 saturated carbocycles. The van der Waals surface area contributed by atoms with Gasteiger partial charge in [-0.1, -0.05) is 6.07 Å². The van der Waals surface area contributed by atoms with E-state index in [1.54, 1.807) is 26.2 Å². The Hall–Kier alpha value is -1.88. The van der Waals surface area contributed by atoms with Crippen LogP contribution in [0.3, 0.4) is 0 Å². The van der Waals surface area contributed by atoms with E-state index in [2.05, 4.69) is 5.32 Å². The lowest BCUT2D eigenvalue weighted by Crippen LogP contribution is -2.22. The predicted molar refractivity (Wildman–Crippen MR) is 85.3 cm³/mol. The molecule has 0 radical (unpaired) electrons. The first-order valence-corrected chi connectivity index (χ1v) is 7.19. The van der Waals surface area contributed by atoms with Gasteiger partial charge in [-0.15, -0.1) is 0 Å². The van der Waals surface area contributed by atoms with Gasteiger partial charge in [0.25, 0.3) is 5.91 Å². The molecule has 0 heterocycles. The highest BCUT2D eigenvalue weighted by Crippen LogP contribution is 2.18. The van der Waals surface area contributed by atoms with Crippen molar-refractivity contribution in [1.82, 2.24) is 4.90 Å². The summed E-state index contributed by atoms with van der Waals surface area (Å²) in [6.45, 7) is 3.83. The summed E-state index contributed by atoms with van der Waals surface area (Å²) < 4.78 is 0. The molecule has 3 N–H and O–H groups in total. The molecule has 0 aromatic heterocycles. The molecule has 0 aliphatic carbocycles. The summed E-state index contributed by atoms with van der Waals surface area (Å²) >= 11 is 0. The van der Waals surface area contributed by atoms with Crippen LogP contribution in [0, 0.1) is 6.92 Å². The van der Waals surface area contributed by atoms with Crippen molar-refractivity contribution in [3.8, 4) is 0 Å². The lowest BCUT2D eigenvalue weighted by molar-refractivity contribution is -0.116. The lowest BCUT2D eigenvalue weighted by atomic mass is 10.1. The van der Waals surface area contributed by atoms with E-state index in [9.17, 15) is 9.59 Å². The van der Waals surface area contributed by atoms with Gasteiger partial charge in [0.05, 0.1) is 0 Å². The molecule has 0 aliphatic heterocycles. The number of hydrogen-bond donors (Lipinski definition) is 2. The van der Waals surface area contributed by atoms with Crippen molar-refractivity contribution in [1.29, 1.82) is 0 Å². The van der Waals surface area contributed by atoms with Gasteiger partial charge >= 0.3 is 0 Å². The van der Waals surface area contributed by atoms with E-state index in [-0.39, 0.29) is 17.9 Å². The average molecular weight is 291 g/mol. The molecule has 1 rings (SSSR count). The number of carbonyl (C=O) groups excluding carboxylic acids is 2. The Kier molecular flexibility index (Phi) is 6.37. The topological polar surface area (TPSA) is 75.4 Å². The molecular weight excluding hydrogens is 266 g/mol. The van der Waals surface area contributed by atoms with Gasteiger partial charge in [0.1, 0.15) is 0 Å². The molecule has 1 aromatic carbocycles. The summed E-state index contributed by atoms with van der Waals surface area (Å²) in [5.74, 6) is -0.129. The van der Waals surface area contributed by atoms with Crippen LogP contribution in [-0.2, 0) is 4.79 Å². The molecule has 116 valence electrons. The number of nitrogens with one attached hydrogen (secondary N) is 1. The second kappa shape index (κ2) is 7.78. The molecule has 0 aliphatic rings. The van der Waals surface area contributed by atoms with Gasteiger partial charge in [0.15, 0.2) is 0 Å². The van der Waals surface area contributed by atoms with Crippen molar-refractivity contribution in [2.24, 2.45) is 5.73 Å². The molecule has 1 aromatic rings. The van der Waals surface area contributed by atoms with Crippen molar-refractivity contribution >= 4 is 17.5 Å². The minimum absolute atomic E-state index is 0.0480. The summed E-state index contributed by atoms with van der Waals surface area (Å²) in [7, 11) is 3.41. The Balaban J connectivity index is 2.72. The van der Waals surface area contributed by atoms with E-state index in [0.29, 0.717) is 17.7 Å². The maximum Gasteiger partial charge on any atom is 0.253 e. The van der Waals surface area contributed by atoms with Crippen LogP contribution < -0.4 is 11.1 Å². The Morgan fingerprint density at radius 2 is 2.00 bits per heavy atom. The van der Waals surface area contributed by atoms with E-state index in [1.165, 1.54) is 4.90 Å². The summed E-state index contributed by atoms with van der Waals surface area (Å²) in [6.07, 6.45) is 2.03. The van der Waals surface area contributed by atoms with Crippen LogP contribution in [0.15, 0.2) is 18.2 Å². The van der Waals surface area contributed by atoms with Crippen molar-refractivity contribution < 1.29 is 9.59 Å². The minimum Gasteiger partial charge on any atom is -0.345 e. The first-order valence-electron chi connectivity index (χ1n) is 7.19. The Morgan fingerprint density at radius 1 is 1.33 bits per heavy atom. The molecule has 5 heteroatoms. The van der Waals surface area contributed by atoms with E-state index in [1.807, 2.05) is 19.9 Å². The zero-order chi connectivity index (χ0) is 16.0. The molecule has 0 bridgehead atoms. The molecule has 2 amide bonds. The Bertz CT molecular complexity index is 510. The molecule has 21 heavy (non-hydrogen) atoms. The van der Waals surface area contributed by atoms with Crippen molar-refractivity contribution in [2.75, 3.05) is 19.4 Å². The molecule has 5 nitrogen and oxygen atoms in total. The van der Waals surface area contributed by atoms with Crippen molar-refractivity contribution in [3.05, 3.63) is 29.3 Å². The third-order valence-corrected chi connectivity index (χ3v) is 3.23. The highest BCUT2D eigenvalue weighted by atomic mass is 16.2. The Labute approximate surface area is 126 Å². The number of amides is 2. The molecular formula is C16H25N3O2. The summed E-state index contributed by atoms with van der Waals surface area (Å²) in [5, 5.41) is 2.87. The minimum atomic E-state index is -0.0811. The highest BCUT2D eigenvalue weighted by Gasteiger charge is 2.11. The van der Waals surface area contributed by atoms with Gasteiger partial charge in [-0.25, -0.2) is 0 Å². The highest BCUT2D eigenvalue weighted by molar-refractivity contribution is 5.97. The van der Waals surface area contributed by atoms with Gasteiger partial charge < -0.3 is 16.0 Å². The van der Waals surface area contributed by atoms with Crippen molar-refractivity contribution in [2.45, 2.75) is 39.2 Å². The van der Waals surface area contributed by atoms with Crippen LogP contribution in [0.4, 0.5) is 5.69 Å².